The topological polar surface area (TPSA) is 93.1 Å². The highest BCUT2D eigenvalue weighted by molar-refractivity contribution is 7.89. The minimum atomic E-state index is -3.51. The maximum Gasteiger partial charge on any atom is 0.242 e. The standard InChI is InChI=1S/C20H22N4O4S2/c1-24(2)30(25,26)17-7-5-6-14(10-17)18-13-29-20(22-18)23-21-12-15-8-9-16(27-3)11-19(15)28-4/h5-13H,1-4H3,(H,22,23)/b21-12+. The zero-order valence-electron chi connectivity index (χ0n) is 17.0. The number of benzene rings is 2. The van der Waals surface area contributed by atoms with Crippen LogP contribution in [0, 0.1) is 0 Å². The SMILES string of the molecule is COc1ccc(/C=N/Nc2nc(-c3cccc(S(=O)(=O)N(C)C)c3)cs2)c(OC)c1. The molecule has 0 aliphatic rings. The molecule has 10 heteroatoms. The second-order valence-corrected chi connectivity index (χ2v) is 9.34. The van der Waals surface area contributed by atoms with E-state index in [-0.39, 0.29) is 4.90 Å². The lowest BCUT2D eigenvalue weighted by atomic mass is 10.2. The molecule has 3 rings (SSSR count). The van der Waals surface area contributed by atoms with Crippen LogP contribution in [0.25, 0.3) is 11.3 Å². The molecule has 0 spiro atoms. The van der Waals surface area contributed by atoms with E-state index in [0.29, 0.717) is 27.9 Å². The van der Waals surface area contributed by atoms with Gasteiger partial charge < -0.3 is 9.47 Å². The first kappa shape index (κ1) is 21.8. The number of hydrogen-bond acceptors (Lipinski definition) is 8. The van der Waals surface area contributed by atoms with Crippen LogP contribution in [0.5, 0.6) is 11.5 Å². The highest BCUT2D eigenvalue weighted by atomic mass is 32.2. The number of hydrogen-bond donors (Lipinski definition) is 1. The van der Waals surface area contributed by atoms with Gasteiger partial charge in [0.25, 0.3) is 0 Å². The van der Waals surface area contributed by atoms with Crippen LogP contribution >= 0.6 is 11.3 Å². The molecule has 1 heterocycles. The number of sulfonamides is 1. The summed E-state index contributed by atoms with van der Waals surface area (Å²) in [5, 5.41) is 6.63. The second-order valence-electron chi connectivity index (χ2n) is 6.33. The Morgan fingerprint density at radius 3 is 2.63 bits per heavy atom. The van der Waals surface area contributed by atoms with Crippen LogP contribution < -0.4 is 14.9 Å². The second kappa shape index (κ2) is 9.24. The normalized spacial score (nSPS) is 11.8. The first-order valence-electron chi connectivity index (χ1n) is 8.84. The third-order valence-electron chi connectivity index (χ3n) is 4.22. The minimum absolute atomic E-state index is 0.220. The van der Waals surface area contributed by atoms with Gasteiger partial charge in [-0.2, -0.15) is 5.10 Å². The molecule has 30 heavy (non-hydrogen) atoms. The van der Waals surface area contributed by atoms with Crippen LogP contribution in [0.1, 0.15) is 5.56 Å². The van der Waals surface area contributed by atoms with Gasteiger partial charge in [-0.3, -0.25) is 5.43 Å². The molecular formula is C20H22N4O4S2. The average molecular weight is 447 g/mol. The van der Waals surface area contributed by atoms with E-state index in [2.05, 4.69) is 15.5 Å². The molecule has 8 nitrogen and oxygen atoms in total. The number of rotatable bonds is 8. The van der Waals surface area contributed by atoms with E-state index in [0.717, 1.165) is 5.56 Å². The van der Waals surface area contributed by atoms with Gasteiger partial charge >= 0.3 is 0 Å². The van der Waals surface area contributed by atoms with E-state index < -0.39 is 10.0 Å². The smallest absolute Gasteiger partial charge is 0.242 e. The maximum absolute atomic E-state index is 12.3. The summed E-state index contributed by atoms with van der Waals surface area (Å²) in [5.74, 6) is 1.33. The van der Waals surface area contributed by atoms with Crippen molar-refractivity contribution in [2.75, 3.05) is 33.7 Å². The number of thiazole rings is 1. The molecule has 0 saturated carbocycles. The number of nitrogens with one attached hydrogen (secondary N) is 1. The van der Waals surface area contributed by atoms with Gasteiger partial charge in [-0.05, 0) is 24.3 Å². The Balaban J connectivity index is 1.76. The molecule has 0 aliphatic carbocycles. The minimum Gasteiger partial charge on any atom is -0.497 e. The summed E-state index contributed by atoms with van der Waals surface area (Å²) in [7, 11) is 2.67. The molecule has 0 aliphatic heterocycles. The van der Waals surface area contributed by atoms with Crippen LogP contribution in [0.2, 0.25) is 0 Å². The Bertz CT molecular complexity index is 1160. The van der Waals surface area contributed by atoms with Crippen molar-refractivity contribution < 1.29 is 17.9 Å². The van der Waals surface area contributed by atoms with Crippen molar-refractivity contribution in [1.29, 1.82) is 0 Å². The lowest BCUT2D eigenvalue weighted by Gasteiger charge is -2.11. The first-order chi connectivity index (χ1) is 14.3. The van der Waals surface area contributed by atoms with E-state index in [4.69, 9.17) is 9.47 Å². The third-order valence-corrected chi connectivity index (χ3v) is 6.78. The largest absolute Gasteiger partial charge is 0.497 e. The summed E-state index contributed by atoms with van der Waals surface area (Å²) in [6.07, 6.45) is 1.63. The first-order valence-corrected chi connectivity index (χ1v) is 11.2. The number of methoxy groups -OCH3 is 2. The van der Waals surface area contributed by atoms with Gasteiger partial charge in [0.1, 0.15) is 11.5 Å². The average Bonchev–Trinajstić information content (AvgIpc) is 3.23. The number of ether oxygens (including phenoxy) is 2. The van der Waals surface area contributed by atoms with Gasteiger partial charge in [-0.15, -0.1) is 11.3 Å². The highest BCUT2D eigenvalue weighted by Crippen LogP contribution is 2.27. The van der Waals surface area contributed by atoms with Crippen molar-refractivity contribution in [1.82, 2.24) is 9.29 Å². The Hall–Kier alpha value is -2.95. The zero-order chi connectivity index (χ0) is 21.7. The lowest BCUT2D eigenvalue weighted by molar-refractivity contribution is 0.394. The Kier molecular flexibility index (Phi) is 6.70. The van der Waals surface area contributed by atoms with E-state index in [1.54, 1.807) is 44.7 Å². The molecule has 0 amide bonds. The van der Waals surface area contributed by atoms with Gasteiger partial charge in [0.2, 0.25) is 15.2 Å². The summed E-state index contributed by atoms with van der Waals surface area (Å²) < 4.78 is 36.4. The van der Waals surface area contributed by atoms with Crippen LogP contribution in [-0.2, 0) is 10.0 Å². The summed E-state index contributed by atoms with van der Waals surface area (Å²) in [6, 6.07) is 12.1. The number of nitrogens with zero attached hydrogens (tertiary/aromatic N) is 3. The molecule has 0 fully saturated rings. The molecule has 1 aromatic heterocycles. The summed E-state index contributed by atoms with van der Waals surface area (Å²) in [6.45, 7) is 0. The summed E-state index contributed by atoms with van der Waals surface area (Å²) >= 11 is 1.37. The molecule has 0 radical (unpaired) electrons. The molecule has 2 aromatic carbocycles. The van der Waals surface area contributed by atoms with Gasteiger partial charge in [0.05, 0.1) is 31.0 Å². The molecule has 0 saturated heterocycles. The number of hydrazone groups is 1. The van der Waals surface area contributed by atoms with Crippen molar-refractivity contribution in [2.24, 2.45) is 5.10 Å². The van der Waals surface area contributed by atoms with Gasteiger partial charge in [0, 0.05) is 36.7 Å². The molecule has 158 valence electrons. The molecule has 0 unspecified atom stereocenters. The Morgan fingerprint density at radius 2 is 1.93 bits per heavy atom. The maximum atomic E-state index is 12.3. The highest BCUT2D eigenvalue weighted by Gasteiger charge is 2.18. The molecular weight excluding hydrogens is 424 g/mol. The van der Waals surface area contributed by atoms with E-state index >= 15 is 0 Å². The van der Waals surface area contributed by atoms with Crippen molar-refractivity contribution >= 4 is 32.7 Å². The predicted octanol–water partition coefficient (Wildman–Crippen LogP) is 3.52. The summed E-state index contributed by atoms with van der Waals surface area (Å²) in [5.41, 5.74) is 5.05. The fourth-order valence-corrected chi connectivity index (χ4v) is 4.18. The monoisotopic (exact) mass is 446 g/mol. The molecule has 0 bridgehead atoms. The third kappa shape index (κ3) is 4.78. The number of anilines is 1. The van der Waals surface area contributed by atoms with Crippen molar-refractivity contribution in [2.45, 2.75) is 4.90 Å². The molecule has 1 N–H and O–H groups in total. The van der Waals surface area contributed by atoms with E-state index in [1.165, 1.54) is 29.7 Å². The van der Waals surface area contributed by atoms with Gasteiger partial charge in [-0.25, -0.2) is 17.7 Å². The van der Waals surface area contributed by atoms with Crippen LogP contribution in [0.15, 0.2) is 57.8 Å². The van der Waals surface area contributed by atoms with Gasteiger partial charge in [0.15, 0.2) is 0 Å². The molecule has 3 aromatic rings. The lowest BCUT2D eigenvalue weighted by Crippen LogP contribution is -2.22. The van der Waals surface area contributed by atoms with E-state index in [1.807, 2.05) is 23.6 Å². The van der Waals surface area contributed by atoms with Crippen LogP contribution in [-0.4, -0.2) is 52.2 Å². The van der Waals surface area contributed by atoms with Crippen LogP contribution in [0.4, 0.5) is 5.13 Å². The van der Waals surface area contributed by atoms with Crippen LogP contribution in [0.3, 0.4) is 0 Å². The fraction of sp³-hybridized carbons (Fsp3) is 0.200. The fourth-order valence-electron chi connectivity index (χ4n) is 2.57. The van der Waals surface area contributed by atoms with E-state index in [9.17, 15) is 8.42 Å². The predicted molar refractivity (Wildman–Crippen MR) is 119 cm³/mol. The summed E-state index contributed by atoms with van der Waals surface area (Å²) in [4.78, 5) is 4.70. The Labute approximate surface area is 179 Å². The van der Waals surface area contributed by atoms with Gasteiger partial charge in [-0.1, -0.05) is 12.1 Å². The quantitative estimate of drug-likeness (QED) is 0.420. The zero-order valence-corrected chi connectivity index (χ0v) is 18.6. The Morgan fingerprint density at radius 1 is 1.13 bits per heavy atom. The number of aromatic nitrogens is 1. The molecule has 0 atom stereocenters. The van der Waals surface area contributed by atoms with Crippen molar-refractivity contribution in [3.8, 4) is 22.8 Å². The van der Waals surface area contributed by atoms with Crippen molar-refractivity contribution in [3.05, 3.63) is 53.4 Å². The van der Waals surface area contributed by atoms with Crippen molar-refractivity contribution in [3.63, 3.8) is 0 Å².